The average Bonchev–Trinajstić information content (AvgIpc) is 2.37. The minimum atomic E-state index is -0.0389. The van der Waals surface area contributed by atoms with Crippen molar-refractivity contribution in [1.82, 2.24) is 0 Å². The van der Waals surface area contributed by atoms with Crippen molar-refractivity contribution in [3.05, 3.63) is 52.5 Å². The molecule has 2 aliphatic rings. The normalized spacial score (nSPS) is 22.4. The van der Waals surface area contributed by atoms with Crippen LogP contribution >= 0.6 is 24.4 Å². The molecule has 1 heterocycles. The molecule has 1 atom stereocenters. The van der Waals surface area contributed by atoms with Gasteiger partial charge < -0.3 is 0 Å². The Hall–Kier alpha value is -0.930. The van der Waals surface area contributed by atoms with Gasteiger partial charge in [0.1, 0.15) is 0 Å². The molecule has 0 radical (unpaired) electrons. The van der Waals surface area contributed by atoms with Gasteiger partial charge in [-0.15, -0.1) is 0 Å². The Bertz CT molecular complexity index is 543. The fraction of sp³-hybridized carbons (Fsp3) is 0.214. The fourth-order valence-corrected chi connectivity index (χ4v) is 3.59. The zero-order valence-electron chi connectivity index (χ0n) is 9.22. The molecular formula is C14H12OS2. The average molecular weight is 260 g/mol. The maximum absolute atomic E-state index is 12.2. The first kappa shape index (κ1) is 11.2. The minimum absolute atomic E-state index is 0.0389. The van der Waals surface area contributed by atoms with E-state index in [2.05, 4.69) is 30.8 Å². The molecule has 3 rings (SSSR count). The van der Waals surface area contributed by atoms with Crippen LogP contribution in [0.15, 0.2) is 51.8 Å². The molecule has 0 bridgehead atoms. The van der Waals surface area contributed by atoms with Gasteiger partial charge in [0.2, 0.25) is 0 Å². The molecule has 0 N–H and O–H groups in total. The molecule has 3 heteroatoms. The van der Waals surface area contributed by atoms with Gasteiger partial charge in [0.15, 0.2) is 5.78 Å². The van der Waals surface area contributed by atoms with E-state index in [1.54, 1.807) is 11.8 Å². The van der Waals surface area contributed by atoms with Gasteiger partial charge >= 0.3 is 0 Å². The van der Waals surface area contributed by atoms with Crippen molar-refractivity contribution in [1.29, 1.82) is 0 Å². The predicted molar refractivity (Wildman–Crippen MR) is 74.5 cm³/mol. The molecule has 1 aromatic rings. The number of hydrogen-bond donors (Lipinski definition) is 1. The van der Waals surface area contributed by atoms with Gasteiger partial charge in [-0.1, -0.05) is 42.1 Å². The molecule has 17 heavy (non-hydrogen) atoms. The van der Waals surface area contributed by atoms with E-state index in [1.807, 2.05) is 18.2 Å². The molecule has 1 aromatic carbocycles. The Balaban J connectivity index is 2.00. The van der Waals surface area contributed by atoms with Crippen LogP contribution in [-0.2, 0) is 11.2 Å². The summed E-state index contributed by atoms with van der Waals surface area (Å²) in [6, 6.07) is 8.30. The summed E-state index contributed by atoms with van der Waals surface area (Å²) in [6.07, 6.45) is 4.83. The molecular weight excluding hydrogens is 248 g/mol. The number of rotatable bonds is 1. The Kier molecular flexibility index (Phi) is 2.89. The number of fused-ring (bicyclic) bond motifs is 1. The molecule has 0 amide bonds. The summed E-state index contributed by atoms with van der Waals surface area (Å²) in [5.41, 5.74) is 2.23. The van der Waals surface area contributed by atoms with Gasteiger partial charge in [-0.2, -0.15) is 12.6 Å². The third-order valence-electron chi connectivity index (χ3n) is 3.17. The topological polar surface area (TPSA) is 17.1 Å². The van der Waals surface area contributed by atoms with E-state index in [9.17, 15) is 4.79 Å². The molecule has 0 spiro atoms. The van der Waals surface area contributed by atoms with Crippen LogP contribution < -0.4 is 0 Å². The van der Waals surface area contributed by atoms with Crippen molar-refractivity contribution in [3.63, 3.8) is 0 Å². The molecule has 0 saturated heterocycles. The summed E-state index contributed by atoms with van der Waals surface area (Å²) in [4.78, 5) is 14.6. The summed E-state index contributed by atoms with van der Waals surface area (Å²) in [7, 11) is 0. The van der Waals surface area contributed by atoms with Crippen LogP contribution in [-0.4, -0.2) is 11.5 Å². The minimum Gasteiger partial charge on any atom is -0.294 e. The van der Waals surface area contributed by atoms with Crippen molar-refractivity contribution in [3.8, 4) is 0 Å². The van der Waals surface area contributed by atoms with Gasteiger partial charge in [0.25, 0.3) is 0 Å². The lowest BCUT2D eigenvalue weighted by Gasteiger charge is -2.25. The SMILES string of the molecule is O=C1C2=C(C=CC1CS)Sc1ccccc1C2. The predicted octanol–water partition coefficient (Wildman–Crippen LogP) is 3.27. The van der Waals surface area contributed by atoms with E-state index >= 15 is 0 Å². The van der Waals surface area contributed by atoms with Crippen LogP contribution in [0.25, 0.3) is 0 Å². The van der Waals surface area contributed by atoms with Crippen molar-refractivity contribution < 1.29 is 4.79 Å². The highest BCUT2D eigenvalue weighted by Crippen LogP contribution is 2.41. The number of thioether (sulfide) groups is 1. The fourth-order valence-electron chi connectivity index (χ4n) is 2.21. The van der Waals surface area contributed by atoms with Gasteiger partial charge in [-0.05, 0) is 11.6 Å². The smallest absolute Gasteiger partial charge is 0.167 e. The lowest BCUT2D eigenvalue weighted by molar-refractivity contribution is -0.117. The second-order valence-electron chi connectivity index (χ2n) is 4.24. The highest BCUT2D eigenvalue weighted by atomic mass is 32.2. The van der Waals surface area contributed by atoms with E-state index in [-0.39, 0.29) is 11.7 Å². The Morgan fingerprint density at radius 1 is 1.35 bits per heavy atom. The molecule has 1 aliphatic heterocycles. The molecule has 0 fully saturated rings. The first-order valence-electron chi connectivity index (χ1n) is 5.62. The van der Waals surface area contributed by atoms with E-state index < -0.39 is 0 Å². The summed E-state index contributed by atoms with van der Waals surface area (Å²) in [6.45, 7) is 0. The van der Waals surface area contributed by atoms with E-state index in [0.717, 1.165) is 16.9 Å². The zero-order chi connectivity index (χ0) is 11.8. The maximum Gasteiger partial charge on any atom is 0.167 e. The highest BCUT2D eigenvalue weighted by molar-refractivity contribution is 8.03. The van der Waals surface area contributed by atoms with E-state index in [4.69, 9.17) is 0 Å². The standard InChI is InChI=1S/C14H12OS2/c15-14-10(8-16)5-6-13-11(14)7-9-3-1-2-4-12(9)17-13/h1-6,10,16H,7-8H2. The third-order valence-corrected chi connectivity index (χ3v) is 4.78. The second-order valence-corrected chi connectivity index (χ2v) is 5.69. The number of carbonyl (C=O) groups is 1. The van der Waals surface area contributed by atoms with Crippen molar-refractivity contribution in [2.45, 2.75) is 11.3 Å². The van der Waals surface area contributed by atoms with Crippen molar-refractivity contribution in [2.24, 2.45) is 5.92 Å². The number of allylic oxidation sites excluding steroid dienone is 3. The van der Waals surface area contributed by atoms with Gasteiger partial charge in [-0.3, -0.25) is 4.79 Å². The lowest BCUT2D eigenvalue weighted by Crippen LogP contribution is -2.23. The van der Waals surface area contributed by atoms with Gasteiger partial charge in [0.05, 0.1) is 0 Å². The number of benzene rings is 1. The molecule has 0 saturated carbocycles. The Morgan fingerprint density at radius 3 is 3.00 bits per heavy atom. The van der Waals surface area contributed by atoms with Gasteiger partial charge in [-0.25, -0.2) is 0 Å². The van der Waals surface area contributed by atoms with E-state index in [0.29, 0.717) is 5.75 Å². The van der Waals surface area contributed by atoms with Crippen LogP contribution in [0.3, 0.4) is 0 Å². The quantitative estimate of drug-likeness (QED) is 0.781. The number of hydrogen-bond acceptors (Lipinski definition) is 3. The van der Waals surface area contributed by atoms with Crippen molar-refractivity contribution in [2.75, 3.05) is 5.75 Å². The molecule has 0 aromatic heterocycles. The lowest BCUT2D eigenvalue weighted by atomic mass is 9.89. The van der Waals surface area contributed by atoms with Crippen LogP contribution in [0.2, 0.25) is 0 Å². The summed E-state index contributed by atoms with van der Waals surface area (Å²) in [5.74, 6) is 0.806. The second kappa shape index (κ2) is 4.39. The van der Waals surface area contributed by atoms with Crippen molar-refractivity contribution >= 4 is 30.2 Å². The van der Waals surface area contributed by atoms with Crippen LogP contribution in [0.4, 0.5) is 0 Å². The number of carbonyl (C=O) groups excluding carboxylic acids is 1. The molecule has 86 valence electrons. The first-order valence-corrected chi connectivity index (χ1v) is 7.06. The first-order chi connectivity index (χ1) is 8.29. The molecule has 1 aliphatic carbocycles. The largest absolute Gasteiger partial charge is 0.294 e. The Morgan fingerprint density at radius 2 is 2.18 bits per heavy atom. The van der Waals surface area contributed by atoms with Crippen LogP contribution in [0.5, 0.6) is 0 Å². The maximum atomic E-state index is 12.2. The summed E-state index contributed by atoms with van der Waals surface area (Å²) >= 11 is 5.94. The molecule has 1 nitrogen and oxygen atoms in total. The summed E-state index contributed by atoms with van der Waals surface area (Å²) in [5, 5.41) is 0. The monoisotopic (exact) mass is 260 g/mol. The zero-order valence-corrected chi connectivity index (χ0v) is 10.9. The summed E-state index contributed by atoms with van der Waals surface area (Å²) < 4.78 is 0. The Labute approximate surface area is 110 Å². The molecule has 1 unspecified atom stereocenters. The van der Waals surface area contributed by atoms with Crippen LogP contribution in [0, 0.1) is 5.92 Å². The highest BCUT2D eigenvalue weighted by Gasteiger charge is 2.28. The number of ketones is 1. The van der Waals surface area contributed by atoms with E-state index in [1.165, 1.54) is 10.5 Å². The van der Waals surface area contributed by atoms with Crippen LogP contribution in [0.1, 0.15) is 5.56 Å². The van der Waals surface area contributed by atoms with Gasteiger partial charge in [0, 0.05) is 33.5 Å². The number of Topliss-reactive ketones (excluding diaryl/α,β-unsaturated/α-hetero) is 1. The number of thiol groups is 1. The third kappa shape index (κ3) is 1.87.